The van der Waals surface area contributed by atoms with E-state index in [1.807, 2.05) is 0 Å². The average Bonchev–Trinajstić information content (AvgIpc) is 2.54. The first-order valence-electron chi connectivity index (χ1n) is 9.63. The molecule has 3 N–H and O–H groups in total. The zero-order valence-electron chi connectivity index (χ0n) is 15.0. The monoisotopic (exact) mass is 330 g/mol. The number of carbonyl (C=O) groups is 1. The fourth-order valence-electron chi connectivity index (χ4n) is 2.98. The van der Waals surface area contributed by atoms with E-state index in [2.05, 4.69) is 6.92 Å². The van der Waals surface area contributed by atoms with Crippen LogP contribution in [0.4, 0.5) is 0 Å². The van der Waals surface area contributed by atoms with Gasteiger partial charge in [-0.15, -0.1) is 0 Å². The lowest BCUT2D eigenvalue weighted by Crippen LogP contribution is -2.23. The van der Waals surface area contributed by atoms with E-state index in [9.17, 15) is 9.90 Å². The molecule has 0 aliphatic rings. The molecule has 0 unspecified atom stereocenters. The largest absolute Gasteiger partial charge is 0.481 e. The van der Waals surface area contributed by atoms with Crippen LogP contribution in [-0.4, -0.2) is 34.0 Å². The first-order chi connectivity index (χ1) is 11.1. The molecule has 0 rings (SSSR count). The number of aliphatic hydroxyl groups excluding tert-OH is 2. The van der Waals surface area contributed by atoms with Gasteiger partial charge in [0.1, 0.15) is 0 Å². The molecular formula is C19H38O4. The Bertz CT molecular complexity index is 268. The number of hydrogen-bond acceptors (Lipinski definition) is 3. The highest BCUT2D eigenvalue weighted by Crippen LogP contribution is 2.18. The summed E-state index contributed by atoms with van der Waals surface area (Å²) in [5.74, 6) is -1.39. The van der Waals surface area contributed by atoms with Crippen molar-refractivity contribution in [2.24, 2.45) is 5.92 Å². The molecule has 0 aliphatic heterocycles. The van der Waals surface area contributed by atoms with Crippen molar-refractivity contribution in [3.63, 3.8) is 0 Å². The van der Waals surface area contributed by atoms with Crippen LogP contribution in [0.3, 0.4) is 0 Å². The van der Waals surface area contributed by atoms with Gasteiger partial charge in [0.05, 0.1) is 18.6 Å². The molecular weight excluding hydrogens is 292 g/mol. The summed E-state index contributed by atoms with van der Waals surface area (Å²) in [6, 6.07) is 0. The molecule has 0 aromatic carbocycles. The lowest BCUT2D eigenvalue weighted by Gasteiger charge is -2.15. The summed E-state index contributed by atoms with van der Waals surface area (Å²) < 4.78 is 0. The van der Waals surface area contributed by atoms with Crippen molar-refractivity contribution in [3.05, 3.63) is 0 Å². The molecule has 4 heteroatoms. The van der Waals surface area contributed by atoms with Crippen molar-refractivity contribution in [2.45, 2.75) is 103 Å². The summed E-state index contributed by atoms with van der Waals surface area (Å²) in [5.41, 5.74) is 0. The van der Waals surface area contributed by atoms with Gasteiger partial charge in [-0.2, -0.15) is 0 Å². The molecule has 0 spiro atoms. The van der Waals surface area contributed by atoms with Gasteiger partial charge in [-0.1, -0.05) is 84.0 Å². The summed E-state index contributed by atoms with van der Waals surface area (Å²) >= 11 is 0. The Kier molecular flexibility index (Phi) is 15.8. The Morgan fingerprint density at radius 3 is 1.65 bits per heavy atom. The highest BCUT2D eigenvalue weighted by molar-refractivity contribution is 5.69. The van der Waals surface area contributed by atoms with E-state index in [1.54, 1.807) is 0 Å². The van der Waals surface area contributed by atoms with Crippen LogP contribution in [-0.2, 0) is 4.79 Å². The van der Waals surface area contributed by atoms with E-state index >= 15 is 0 Å². The fourth-order valence-corrected chi connectivity index (χ4v) is 2.98. The minimum Gasteiger partial charge on any atom is -0.481 e. The smallest absolute Gasteiger partial charge is 0.306 e. The maximum atomic E-state index is 11.1. The second-order valence-corrected chi connectivity index (χ2v) is 6.79. The molecule has 0 saturated heterocycles. The summed E-state index contributed by atoms with van der Waals surface area (Å²) in [4.78, 5) is 11.1. The Hall–Kier alpha value is -0.610. The fraction of sp³-hybridized carbons (Fsp3) is 0.947. The molecule has 0 bridgehead atoms. The number of hydrogen-bond donors (Lipinski definition) is 3. The first-order valence-corrected chi connectivity index (χ1v) is 9.63. The van der Waals surface area contributed by atoms with Crippen LogP contribution < -0.4 is 0 Å². The van der Waals surface area contributed by atoms with E-state index in [4.69, 9.17) is 10.2 Å². The summed E-state index contributed by atoms with van der Waals surface area (Å²) in [5, 5.41) is 27.3. The van der Waals surface area contributed by atoms with E-state index in [-0.39, 0.29) is 13.0 Å². The van der Waals surface area contributed by atoms with Gasteiger partial charge in [0.2, 0.25) is 0 Å². The number of carboxylic acid groups (broad SMARTS) is 1. The van der Waals surface area contributed by atoms with Gasteiger partial charge in [0.25, 0.3) is 0 Å². The van der Waals surface area contributed by atoms with Crippen molar-refractivity contribution >= 4 is 5.97 Å². The lowest BCUT2D eigenvalue weighted by atomic mass is 9.94. The standard InChI is InChI=1S/C19H38O4/c1-2-3-4-5-6-7-8-9-10-11-12-13-14-17(19(22)23)15-18(21)16-20/h17-18,20-21H,2-16H2,1H3,(H,22,23)/t17-,18-/m0/s1. The highest BCUT2D eigenvalue weighted by Gasteiger charge is 2.20. The second kappa shape index (κ2) is 16.3. The minimum absolute atomic E-state index is 0.157. The predicted octanol–water partition coefficient (Wildman–Crippen LogP) is 4.52. The average molecular weight is 331 g/mol. The topological polar surface area (TPSA) is 77.8 Å². The minimum atomic E-state index is -0.909. The Morgan fingerprint density at radius 2 is 1.26 bits per heavy atom. The predicted molar refractivity (Wildman–Crippen MR) is 94.5 cm³/mol. The molecule has 0 radical (unpaired) electrons. The molecule has 0 aromatic rings. The van der Waals surface area contributed by atoms with Gasteiger partial charge in [-0.3, -0.25) is 4.79 Å². The zero-order valence-corrected chi connectivity index (χ0v) is 15.0. The third kappa shape index (κ3) is 14.7. The number of carboxylic acids is 1. The van der Waals surface area contributed by atoms with Gasteiger partial charge in [0, 0.05) is 0 Å². The maximum Gasteiger partial charge on any atom is 0.306 e. The summed E-state index contributed by atoms with van der Waals surface area (Å²) in [6.45, 7) is 1.88. The zero-order chi connectivity index (χ0) is 17.3. The van der Waals surface area contributed by atoms with Crippen LogP contribution >= 0.6 is 0 Å². The Balaban J connectivity index is 3.41. The molecule has 0 fully saturated rings. The van der Waals surface area contributed by atoms with Gasteiger partial charge in [-0.05, 0) is 12.8 Å². The van der Waals surface area contributed by atoms with E-state index < -0.39 is 18.0 Å². The van der Waals surface area contributed by atoms with Crippen LogP contribution in [0, 0.1) is 5.92 Å². The first kappa shape index (κ1) is 22.4. The molecule has 0 aromatic heterocycles. The second-order valence-electron chi connectivity index (χ2n) is 6.79. The van der Waals surface area contributed by atoms with Crippen molar-refractivity contribution in [3.8, 4) is 0 Å². The molecule has 4 nitrogen and oxygen atoms in total. The van der Waals surface area contributed by atoms with E-state index in [1.165, 1.54) is 64.2 Å². The third-order valence-corrected chi connectivity index (χ3v) is 4.52. The molecule has 0 saturated carbocycles. The van der Waals surface area contributed by atoms with Crippen molar-refractivity contribution in [1.82, 2.24) is 0 Å². The molecule has 0 aliphatic carbocycles. The number of unbranched alkanes of at least 4 members (excludes halogenated alkanes) is 11. The summed E-state index contributed by atoms with van der Waals surface area (Å²) in [7, 11) is 0. The van der Waals surface area contributed by atoms with E-state index in [0.717, 1.165) is 12.8 Å². The summed E-state index contributed by atoms with van der Waals surface area (Å²) in [6.07, 6.45) is 15.0. The van der Waals surface area contributed by atoms with Gasteiger partial charge in [-0.25, -0.2) is 0 Å². The van der Waals surface area contributed by atoms with Crippen LogP contribution in [0.1, 0.15) is 96.8 Å². The van der Waals surface area contributed by atoms with Crippen molar-refractivity contribution < 1.29 is 20.1 Å². The third-order valence-electron chi connectivity index (χ3n) is 4.52. The highest BCUT2D eigenvalue weighted by atomic mass is 16.4. The Labute approximate surface area is 142 Å². The lowest BCUT2D eigenvalue weighted by molar-refractivity contribution is -0.143. The van der Waals surface area contributed by atoms with Crippen LogP contribution in [0.15, 0.2) is 0 Å². The van der Waals surface area contributed by atoms with Crippen LogP contribution in [0.25, 0.3) is 0 Å². The van der Waals surface area contributed by atoms with Crippen molar-refractivity contribution in [1.29, 1.82) is 0 Å². The van der Waals surface area contributed by atoms with E-state index in [0.29, 0.717) is 6.42 Å². The molecule has 0 amide bonds. The molecule has 0 heterocycles. The number of aliphatic carboxylic acids is 1. The quantitative estimate of drug-likeness (QED) is 0.343. The number of aliphatic hydroxyl groups is 2. The SMILES string of the molecule is CCCCCCCCCCCCCC[C@@H](C[C@H](O)CO)C(=O)O. The van der Waals surface area contributed by atoms with Crippen molar-refractivity contribution in [2.75, 3.05) is 6.61 Å². The molecule has 23 heavy (non-hydrogen) atoms. The number of rotatable bonds is 17. The normalized spacial score (nSPS) is 13.9. The van der Waals surface area contributed by atoms with Crippen LogP contribution in [0.2, 0.25) is 0 Å². The van der Waals surface area contributed by atoms with Gasteiger partial charge >= 0.3 is 5.97 Å². The molecule has 138 valence electrons. The Morgan fingerprint density at radius 1 is 0.826 bits per heavy atom. The maximum absolute atomic E-state index is 11.1. The van der Waals surface area contributed by atoms with Gasteiger partial charge in [0.15, 0.2) is 0 Å². The van der Waals surface area contributed by atoms with Crippen LogP contribution in [0.5, 0.6) is 0 Å². The van der Waals surface area contributed by atoms with Gasteiger partial charge < -0.3 is 15.3 Å². The molecule has 2 atom stereocenters.